The highest BCUT2D eigenvalue weighted by Crippen LogP contribution is 2.33. The van der Waals surface area contributed by atoms with Crippen LogP contribution in [0.2, 0.25) is 0 Å². The first-order valence-corrected chi connectivity index (χ1v) is 11.0. The number of amides is 2. The van der Waals surface area contributed by atoms with E-state index in [1.54, 1.807) is 6.20 Å². The SMILES string of the molecule is Cc1ncc(-c2cc(OC3CN(C(=O)N4N=CC[C@H]4c4cc(F)cc(F)c4)C3)c(F)cn2)s1. The van der Waals surface area contributed by atoms with E-state index in [1.807, 2.05) is 6.92 Å². The maximum absolute atomic E-state index is 14.2. The van der Waals surface area contributed by atoms with E-state index in [-0.39, 0.29) is 18.8 Å². The number of thiazole rings is 1. The molecule has 7 nitrogen and oxygen atoms in total. The fourth-order valence-corrected chi connectivity index (χ4v) is 4.51. The standard InChI is InChI=1S/C22H18F3N5O2S/c1-12-26-9-21(33-12)18-7-20(17(25)8-27-18)32-16-10-29(11-16)22(31)30-19(2-3-28-30)13-4-14(23)6-15(24)5-13/h3-9,16,19H,2,10-11H2,1H3/t19-/m0/s1. The number of likely N-dealkylation sites (tertiary alicyclic amines) is 1. The second-order valence-electron chi connectivity index (χ2n) is 7.77. The van der Waals surface area contributed by atoms with Crippen molar-refractivity contribution < 1.29 is 22.7 Å². The van der Waals surface area contributed by atoms with Crippen molar-refractivity contribution in [1.29, 1.82) is 0 Å². The monoisotopic (exact) mass is 473 g/mol. The lowest BCUT2D eigenvalue weighted by atomic mass is 10.0. The Hall–Kier alpha value is -3.47. The molecule has 2 aliphatic rings. The van der Waals surface area contributed by atoms with Crippen LogP contribution in [0.15, 0.2) is 41.8 Å². The lowest BCUT2D eigenvalue weighted by Gasteiger charge is -2.41. The van der Waals surface area contributed by atoms with E-state index in [9.17, 15) is 18.0 Å². The summed E-state index contributed by atoms with van der Waals surface area (Å²) in [4.78, 5) is 23.5. The molecular weight excluding hydrogens is 455 g/mol. The fourth-order valence-electron chi connectivity index (χ4n) is 3.76. The van der Waals surface area contributed by atoms with E-state index >= 15 is 0 Å². The molecule has 0 N–H and O–H groups in total. The molecule has 0 spiro atoms. The number of rotatable bonds is 4. The predicted molar refractivity (Wildman–Crippen MR) is 115 cm³/mol. The molecule has 2 amide bonds. The van der Waals surface area contributed by atoms with Gasteiger partial charge in [-0.05, 0) is 24.6 Å². The third-order valence-corrected chi connectivity index (χ3v) is 6.34. The number of carbonyl (C=O) groups is 1. The number of nitrogens with zero attached hydrogens (tertiary/aromatic N) is 5. The second kappa shape index (κ2) is 8.47. The Bertz CT molecular complexity index is 1220. The molecule has 2 aromatic heterocycles. The highest BCUT2D eigenvalue weighted by Gasteiger charge is 2.39. The molecule has 1 aromatic carbocycles. The third-order valence-electron chi connectivity index (χ3n) is 5.40. The lowest BCUT2D eigenvalue weighted by Crippen LogP contribution is -2.58. The van der Waals surface area contributed by atoms with Crippen LogP contribution in [0.1, 0.15) is 23.0 Å². The molecule has 11 heteroatoms. The molecule has 4 heterocycles. The van der Waals surface area contributed by atoms with Gasteiger partial charge >= 0.3 is 6.03 Å². The first-order chi connectivity index (χ1) is 15.9. The van der Waals surface area contributed by atoms with Crippen LogP contribution in [-0.2, 0) is 0 Å². The summed E-state index contributed by atoms with van der Waals surface area (Å²) in [6, 6.07) is 3.69. The highest BCUT2D eigenvalue weighted by atomic mass is 32.1. The molecule has 0 bridgehead atoms. The van der Waals surface area contributed by atoms with Crippen LogP contribution in [0.25, 0.3) is 10.6 Å². The third kappa shape index (κ3) is 4.28. The van der Waals surface area contributed by atoms with Gasteiger partial charge in [0.05, 0.1) is 40.9 Å². The number of ether oxygens (including phenoxy) is 1. The molecule has 1 atom stereocenters. The van der Waals surface area contributed by atoms with Crippen molar-refractivity contribution in [3.05, 3.63) is 64.7 Å². The number of hydrogen-bond donors (Lipinski definition) is 0. The Balaban J connectivity index is 1.23. The van der Waals surface area contributed by atoms with Gasteiger partial charge in [0, 0.05) is 31.0 Å². The van der Waals surface area contributed by atoms with Gasteiger partial charge in [-0.3, -0.25) is 4.98 Å². The van der Waals surface area contributed by atoms with E-state index in [4.69, 9.17) is 4.74 Å². The minimum Gasteiger partial charge on any atom is -0.483 e. The van der Waals surface area contributed by atoms with Gasteiger partial charge in [-0.25, -0.2) is 28.0 Å². The summed E-state index contributed by atoms with van der Waals surface area (Å²) in [5.74, 6) is -1.97. The number of aryl methyl sites for hydroxylation is 1. The quantitative estimate of drug-likeness (QED) is 0.558. The normalized spacial score (nSPS) is 18.0. The molecule has 2 aliphatic heterocycles. The zero-order valence-electron chi connectivity index (χ0n) is 17.4. The number of carbonyl (C=O) groups excluding carboxylic acids is 1. The summed E-state index contributed by atoms with van der Waals surface area (Å²) in [6.07, 6.45) is 4.26. The van der Waals surface area contributed by atoms with Crippen LogP contribution in [0, 0.1) is 24.4 Å². The van der Waals surface area contributed by atoms with E-state index < -0.39 is 35.6 Å². The van der Waals surface area contributed by atoms with Gasteiger partial charge in [0.1, 0.15) is 17.7 Å². The molecule has 170 valence electrons. The van der Waals surface area contributed by atoms with Gasteiger partial charge in [-0.2, -0.15) is 5.10 Å². The molecule has 0 saturated carbocycles. The smallest absolute Gasteiger partial charge is 0.341 e. The molecule has 1 saturated heterocycles. The van der Waals surface area contributed by atoms with Crippen LogP contribution in [0.3, 0.4) is 0 Å². The van der Waals surface area contributed by atoms with Crippen LogP contribution >= 0.6 is 11.3 Å². The summed E-state index contributed by atoms with van der Waals surface area (Å²) in [6.45, 7) is 2.33. The van der Waals surface area contributed by atoms with E-state index in [1.165, 1.54) is 45.7 Å². The van der Waals surface area contributed by atoms with Crippen molar-refractivity contribution in [3.63, 3.8) is 0 Å². The summed E-state index contributed by atoms with van der Waals surface area (Å²) in [7, 11) is 0. The zero-order valence-corrected chi connectivity index (χ0v) is 18.2. The largest absolute Gasteiger partial charge is 0.483 e. The number of halogens is 3. The van der Waals surface area contributed by atoms with Crippen molar-refractivity contribution in [3.8, 4) is 16.3 Å². The molecule has 0 radical (unpaired) electrons. The van der Waals surface area contributed by atoms with Gasteiger partial charge in [0.15, 0.2) is 11.6 Å². The van der Waals surface area contributed by atoms with Crippen molar-refractivity contribution >= 4 is 23.6 Å². The van der Waals surface area contributed by atoms with E-state index in [0.29, 0.717) is 17.7 Å². The average Bonchev–Trinajstić information content (AvgIpc) is 3.40. The maximum atomic E-state index is 14.2. The van der Waals surface area contributed by atoms with Crippen molar-refractivity contribution in [2.75, 3.05) is 13.1 Å². The predicted octanol–water partition coefficient (Wildman–Crippen LogP) is 4.55. The molecular formula is C22H18F3N5O2S. The van der Waals surface area contributed by atoms with Crippen molar-refractivity contribution in [2.45, 2.75) is 25.5 Å². The van der Waals surface area contributed by atoms with Crippen LogP contribution in [0.5, 0.6) is 5.75 Å². The van der Waals surface area contributed by atoms with Crippen molar-refractivity contribution in [1.82, 2.24) is 19.9 Å². The molecule has 3 aromatic rings. The van der Waals surface area contributed by atoms with Gasteiger partial charge < -0.3 is 9.64 Å². The van der Waals surface area contributed by atoms with Crippen LogP contribution in [-0.4, -0.2) is 51.3 Å². The van der Waals surface area contributed by atoms with Crippen LogP contribution in [0.4, 0.5) is 18.0 Å². The molecule has 0 aliphatic carbocycles. The Morgan fingerprint density at radius 2 is 1.85 bits per heavy atom. The first kappa shape index (κ1) is 21.4. The zero-order chi connectivity index (χ0) is 23.1. The number of aromatic nitrogens is 2. The summed E-state index contributed by atoms with van der Waals surface area (Å²) >= 11 is 1.44. The van der Waals surface area contributed by atoms with Gasteiger partial charge in [0.2, 0.25) is 0 Å². The van der Waals surface area contributed by atoms with Gasteiger partial charge in [-0.15, -0.1) is 11.3 Å². The Morgan fingerprint density at radius 1 is 1.09 bits per heavy atom. The van der Waals surface area contributed by atoms with Crippen LogP contribution < -0.4 is 4.74 Å². The number of benzene rings is 1. The summed E-state index contributed by atoms with van der Waals surface area (Å²) in [5, 5.41) is 6.17. The van der Waals surface area contributed by atoms with Crippen molar-refractivity contribution in [2.24, 2.45) is 5.10 Å². The molecule has 33 heavy (non-hydrogen) atoms. The minimum absolute atomic E-state index is 0.0513. The molecule has 0 unspecified atom stereocenters. The summed E-state index contributed by atoms with van der Waals surface area (Å²) in [5.41, 5.74) is 0.886. The number of urea groups is 1. The Labute approximate surface area is 191 Å². The minimum atomic E-state index is -0.714. The summed E-state index contributed by atoms with van der Waals surface area (Å²) < 4.78 is 47.3. The van der Waals surface area contributed by atoms with E-state index in [2.05, 4.69) is 15.1 Å². The lowest BCUT2D eigenvalue weighted by molar-refractivity contribution is 0.0256. The molecule has 1 fully saturated rings. The number of pyridine rings is 1. The number of hydrazone groups is 1. The highest BCUT2D eigenvalue weighted by molar-refractivity contribution is 7.15. The number of hydrogen-bond acceptors (Lipinski definition) is 6. The average molecular weight is 473 g/mol. The topological polar surface area (TPSA) is 70.9 Å². The maximum Gasteiger partial charge on any atom is 0.341 e. The Kier molecular flexibility index (Phi) is 5.49. The first-order valence-electron chi connectivity index (χ1n) is 10.2. The van der Waals surface area contributed by atoms with E-state index in [0.717, 1.165) is 22.1 Å². The Morgan fingerprint density at radius 3 is 2.55 bits per heavy atom. The molecule has 5 rings (SSSR count). The van der Waals surface area contributed by atoms with Gasteiger partial charge in [0.25, 0.3) is 0 Å². The van der Waals surface area contributed by atoms with Gasteiger partial charge in [-0.1, -0.05) is 0 Å². The second-order valence-corrected chi connectivity index (χ2v) is 9.00. The fraction of sp³-hybridized carbons (Fsp3) is 0.273.